The number of allylic oxidation sites excluding steroid dienone is 1. The third-order valence-corrected chi connectivity index (χ3v) is 6.45. The number of esters is 1. The molecule has 0 unspecified atom stereocenters. The van der Waals surface area contributed by atoms with Crippen LogP contribution in [0.2, 0.25) is 0 Å². The van der Waals surface area contributed by atoms with E-state index in [2.05, 4.69) is 0 Å². The number of carbonyl (C=O) groups excluding carboxylic acids is 5. The summed E-state index contributed by atoms with van der Waals surface area (Å²) in [5.74, 6) is -3.88. The standard InChI is InChI=1S/C31H35NO9/c1-22(34)41-29(28(36)15-14-26(35)13-8-17-39-18-16-33)27(20-24-11-6-3-7-12-24)30(37)32-25(21-40-31(32)38)19-23-9-4-2-5-10-23/h2-7,9-12,14-15,25,27,29,33H,8,13,16-21H2,1H3/t25-,27-,29-/m1/s1. The molecule has 2 aromatic rings. The number of aliphatic hydroxyl groups is 1. The number of aliphatic hydroxyl groups excluding tert-OH is 1. The Kier molecular flexibility index (Phi) is 12.4. The van der Waals surface area contributed by atoms with E-state index >= 15 is 0 Å². The van der Waals surface area contributed by atoms with Crippen molar-refractivity contribution in [2.45, 2.75) is 44.8 Å². The number of benzene rings is 2. The van der Waals surface area contributed by atoms with Crippen LogP contribution in [0, 0.1) is 5.92 Å². The highest BCUT2D eigenvalue weighted by molar-refractivity contribution is 6.04. The Hall–Kier alpha value is -4.15. The summed E-state index contributed by atoms with van der Waals surface area (Å²) in [7, 11) is 0. The van der Waals surface area contributed by atoms with E-state index in [9.17, 15) is 24.0 Å². The molecule has 0 aromatic heterocycles. The molecule has 0 bridgehead atoms. The number of hydrogen-bond acceptors (Lipinski definition) is 9. The first-order chi connectivity index (χ1) is 19.8. The number of rotatable bonds is 16. The van der Waals surface area contributed by atoms with Gasteiger partial charge in [0.15, 0.2) is 17.7 Å². The van der Waals surface area contributed by atoms with E-state index in [0.29, 0.717) is 18.4 Å². The van der Waals surface area contributed by atoms with Crippen molar-refractivity contribution in [1.29, 1.82) is 0 Å². The van der Waals surface area contributed by atoms with Gasteiger partial charge in [-0.1, -0.05) is 60.7 Å². The van der Waals surface area contributed by atoms with Crippen molar-refractivity contribution >= 4 is 29.5 Å². The molecule has 1 aliphatic rings. The van der Waals surface area contributed by atoms with E-state index in [1.165, 1.54) is 0 Å². The minimum atomic E-state index is -1.58. The molecule has 1 aliphatic heterocycles. The first kappa shape index (κ1) is 31.4. The molecule has 1 saturated heterocycles. The molecular formula is C31H35NO9. The van der Waals surface area contributed by atoms with Gasteiger partial charge in [-0.2, -0.15) is 0 Å². The van der Waals surface area contributed by atoms with Crippen molar-refractivity contribution in [2.24, 2.45) is 5.92 Å². The molecule has 218 valence electrons. The molecule has 0 spiro atoms. The van der Waals surface area contributed by atoms with Crippen molar-refractivity contribution < 1.29 is 43.3 Å². The van der Waals surface area contributed by atoms with Gasteiger partial charge in [-0.05, 0) is 42.5 Å². The number of amides is 2. The van der Waals surface area contributed by atoms with Crippen LogP contribution in [0.15, 0.2) is 72.8 Å². The van der Waals surface area contributed by atoms with Gasteiger partial charge in [-0.25, -0.2) is 9.69 Å². The lowest BCUT2D eigenvalue weighted by Crippen LogP contribution is -2.49. The monoisotopic (exact) mass is 565 g/mol. The lowest BCUT2D eigenvalue weighted by atomic mass is 9.89. The second-order valence-electron chi connectivity index (χ2n) is 9.60. The smallest absolute Gasteiger partial charge is 0.416 e. The summed E-state index contributed by atoms with van der Waals surface area (Å²) < 4.78 is 15.7. The molecule has 41 heavy (non-hydrogen) atoms. The summed E-state index contributed by atoms with van der Waals surface area (Å²) >= 11 is 0. The van der Waals surface area contributed by atoms with Gasteiger partial charge in [0, 0.05) is 20.0 Å². The van der Waals surface area contributed by atoms with Crippen molar-refractivity contribution in [1.82, 2.24) is 4.90 Å². The van der Waals surface area contributed by atoms with Crippen LogP contribution in [0.25, 0.3) is 0 Å². The van der Waals surface area contributed by atoms with Crippen LogP contribution in [0.3, 0.4) is 0 Å². The summed E-state index contributed by atoms with van der Waals surface area (Å²) in [6.45, 7) is 1.42. The fourth-order valence-electron chi connectivity index (χ4n) is 4.52. The second-order valence-corrected chi connectivity index (χ2v) is 9.60. The summed E-state index contributed by atoms with van der Waals surface area (Å²) in [5, 5.41) is 8.75. The number of imide groups is 1. The number of nitrogens with zero attached hydrogens (tertiary/aromatic N) is 1. The molecule has 1 N–H and O–H groups in total. The molecule has 0 saturated carbocycles. The van der Waals surface area contributed by atoms with Crippen LogP contribution < -0.4 is 0 Å². The van der Waals surface area contributed by atoms with Gasteiger partial charge in [0.25, 0.3) is 0 Å². The maximum Gasteiger partial charge on any atom is 0.416 e. The van der Waals surface area contributed by atoms with Crippen molar-refractivity contribution in [3.05, 3.63) is 83.9 Å². The number of carbonyl (C=O) groups is 5. The van der Waals surface area contributed by atoms with Gasteiger partial charge >= 0.3 is 12.1 Å². The maximum absolute atomic E-state index is 14.0. The fraction of sp³-hybridized carbons (Fsp3) is 0.387. The second kappa shape index (κ2) is 16.2. The van der Waals surface area contributed by atoms with Gasteiger partial charge < -0.3 is 19.3 Å². The molecule has 10 heteroatoms. The van der Waals surface area contributed by atoms with Crippen molar-refractivity contribution in [3.63, 3.8) is 0 Å². The Morgan fingerprint density at radius 3 is 2.29 bits per heavy atom. The molecular weight excluding hydrogens is 530 g/mol. The largest absolute Gasteiger partial charge is 0.453 e. The summed E-state index contributed by atoms with van der Waals surface area (Å²) in [5.41, 5.74) is 1.58. The molecule has 3 atom stereocenters. The Morgan fingerprint density at radius 1 is 1.00 bits per heavy atom. The van der Waals surface area contributed by atoms with E-state index in [4.69, 9.17) is 19.3 Å². The quantitative estimate of drug-likeness (QED) is 0.185. The van der Waals surface area contributed by atoms with Gasteiger partial charge in [0.1, 0.15) is 6.61 Å². The summed E-state index contributed by atoms with van der Waals surface area (Å²) in [4.78, 5) is 65.5. The SMILES string of the molecule is CC(=O)O[C@@H](C(=O)C=CC(=O)CCCOCCO)[C@@H](Cc1ccccc1)C(=O)N1C(=O)OC[C@H]1Cc1ccccc1. The zero-order chi connectivity index (χ0) is 29.6. The van der Waals surface area contributed by atoms with Crippen LogP contribution in [0.5, 0.6) is 0 Å². The zero-order valence-electron chi connectivity index (χ0n) is 23.0. The maximum atomic E-state index is 14.0. The van der Waals surface area contributed by atoms with E-state index in [0.717, 1.165) is 29.5 Å². The predicted molar refractivity (Wildman–Crippen MR) is 148 cm³/mol. The minimum absolute atomic E-state index is 0.00478. The molecule has 0 aliphatic carbocycles. The molecule has 3 rings (SSSR count). The highest BCUT2D eigenvalue weighted by Gasteiger charge is 2.45. The first-order valence-electron chi connectivity index (χ1n) is 13.5. The van der Waals surface area contributed by atoms with Crippen molar-refractivity contribution in [3.8, 4) is 0 Å². The third kappa shape index (κ3) is 9.77. The highest BCUT2D eigenvalue weighted by atomic mass is 16.6. The van der Waals surface area contributed by atoms with Gasteiger partial charge in [-0.15, -0.1) is 0 Å². The van der Waals surface area contributed by atoms with Crippen LogP contribution in [0.1, 0.15) is 30.9 Å². The van der Waals surface area contributed by atoms with Crippen LogP contribution in [-0.2, 0) is 46.2 Å². The lowest BCUT2D eigenvalue weighted by molar-refractivity contribution is -0.158. The Bertz CT molecular complexity index is 1210. The molecule has 1 fully saturated rings. The highest BCUT2D eigenvalue weighted by Crippen LogP contribution is 2.26. The Balaban J connectivity index is 1.85. The average Bonchev–Trinajstić information content (AvgIpc) is 3.33. The molecule has 0 radical (unpaired) electrons. The third-order valence-electron chi connectivity index (χ3n) is 6.45. The van der Waals surface area contributed by atoms with Gasteiger partial charge in [0.2, 0.25) is 5.91 Å². The minimum Gasteiger partial charge on any atom is -0.453 e. The van der Waals surface area contributed by atoms with Crippen LogP contribution >= 0.6 is 0 Å². The van der Waals surface area contributed by atoms with E-state index in [1.54, 1.807) is 30.3 Å². The van der Waals surface area contributed by atoms with Crippen LogP contribution in [-0.4, -0.2) is 78.1 Å². The zero-order valence-corrected chi connectivity index (χ0v) is 23.0. The Morgan fingerprint density at radius 2 is 1.66 bits per heavy atom. The number of cyclic esters (lactones) is 1. The lowest BCUT2D eigenvalue weighted by Gasteiger charge is -2.29. The normalized spacial score (nSPS) is 16.3. The first-order valence-corrected chi connectivity index (χ1v) is 13.5. The molecule has 10 nitrogen and oxygen atoms in total. The Labute approximate surface area is 238 Å². The fourth-order valence-corrected chi connectivity index (χ4v) is 4.52. The number of ketones is 2. The van der Waals surface area contributed by atoms with E-state index in [-0.39, 0.29) is 45.1 Å². The predicted octanol–water partition coefficient (Wildman–Crippen LogP) is 2.85. The number of ether oxygens (including phenoxy) is 3. The summed E-state index contributed by atoms with van der Waals surface area (Å²) in [6.07, 6.45) is 0.491. The number of hydrogen-bond donors (Lipinski definition) is 1. The van der Waals surface area contributed by atoms with Crippen LogP contribution in [0.4, 0.5) is 4.79 Å². The molecule has 1 heterocycles. The van der Waals surface area contributed by atoms with Crippen molar-refractivity contribution in [2.75, 3.05) is 26.4 Å². The molecule has 2 amide bonds. The van der Waals surface area contributed by atoms with E-state index in [1.807, 2.05) is 30.3 Å². The van der Waals surface area contributed by atoms with Gasteiger partial charge in [-0.3, -0.25) is 19.2 Å². The average molecular weight is 566 g/mol. The molecule has 2 aromatic carbocycles. The van der Waals surface area contributed by atoms with E-state index < -0.39 is 41.8 Å². The topological polar surface area (TPSA) is 137 Å². The van der Waals surface area contributed by atoms with Gasteiger partial charge in [0.05, 0.1) is 25.2 Å². The summed E-state index contributed by atoms with van der Waals surface area (Å²) in [6, 6.07) is 17.5.